The van der Waals surface area contributed by atoms with Crippen molar-refractivity contribution in [2.24, 2.45) is 0 Å². The zero-order chi connectivity index (χ0) is 12.8. The number of benzene rings is 1. The molecule has 0 saturated heterocycles. The highest BCUT2D eigenvalue weighted by Gasteiger charge is 2.10. The van der Waals surface area contributed by atoms with Gasteiger partial charge in [-0.1, -0.05) is 12.1 Å². The van der Waals surface area contributed by atoms with Gasteiger partial charge in [0.1, 0.15) is 0 Å². The molecule has 0 heterocycles. The monoisotopic (exact) mass is 235 g/mol. The Kier molecular flexibility index (Phi) is 4.51. The van der Waals surface area contributed by atoms with Crippen molar-refractivity contribution in [3.8, 4) is 0 Å². The van der Waals surface area contributed by atoms with Crippen LogP contribution in [0.5, 0.6) is 0 Å². The average Bonchev–Trinajstić information content (AvgIpc) is 2.32. The van der Waals surface area contributed by atoms with Gasteiger partial charge in [-0.25, -0.2) is 0 Å². The van der Waals surface area contributed by atoms with E-state index >= 15 is 0 Å². The number of para-hydroxylation sites is 1. The summed E-state index contributed by atoms with van der Waals surface area (Å²) >= 11 is 0. The van der Waals surface area contributed by atoms with Crippen LogP contribution in [0, 0.1) is 6.92 Å². The van der Waals surface area contributed by atoms with Crippen molar-refractivity contribution in [1.82, 2.24) is 10.6 Å². The van der Waals surface area contributed by atoms with Crippen LogP contribution in [-0.4, -0.2) is 25.4 Å². The van der Waals surface area contributed by atoms with Crippen molar-refractivity contribution in [3.05, 3.63) is 29.3 Å². The van der Waals surface area contributed by atoms with E-state index in [4.69, 9.17) is 5.73 Å². The maximum absolute atomic E-state index is 11.8. The van der Waals surface area contributed by atoms with Gasteiger partial charge in [-0.2, -0.15) is 0 Å². The molecule has 0 radical (unpaired) electrons. The lowest BCUT2D eigenvalue weighted by Gasteiger charge is -2.08. The molecule has 0 bridgehead atoms. The maximum Gasteiger partial charge on any atom is 0.253 e. The number of rotatable bonds is 4. The lowest BCUT2D eigenvalue weighted by molar-refractivity contribution is -0.120. The number of aryl methyl sites for hydroxylation is 1. The van der Waals surface area contributed by atoms with E-state index in [0.29, 0.717) is 17.8 Å². The lowest BCUT2D eigenvalue weighted by atomic mass is 10.1. The summed E-state index contributed by atoms with van der Waals surface area (Å²) in [5.41, 5.74) is 7.59. The molecule has 0 spiro atoms. The number of nitrogens with two attached hydrogens (primary N) is 1. The van der Waals surface area contributed by atoms with Crippen molar-refractivity contribution < 1.29 is 9.59 Å². The van der Waals surface area contributed by atoms with Gasteiger partial charge in [0, 0.05) is 25.7 Å². The summed E-state index contributed by atoms with van der Waals surface area (Å²) in [5.74, 6) is -0.363. The summed E-state index contributed by atoms with van der Waals surface area (Å²) in [6.45, 7) is 2.14. The summed E-state index contributed by atoms with van der Waals surface area (Å²) in [6, 6.07) is 5.29. The third-order valence-corrected chi connectivity index (χ3v) is 2.49. The molecule has 5 heteroatoms. The highest BCUT2D eigenvalue weighted by Crippen LogP contribution is 2.15. The van der Waals surface area contributed by atoms with Crippen LogP contribution in [-0.2, 0) is 4.79 Å². The quantitative estimate of drug-likeness (QED) is 0.662. The van der Waals surface area contributed by atoms with Crippen molar-refractivity contribution in [2.45, 2.75) is 13.3 Å². The molecule has 0 atom stereocenters. The smallest absolute Gasteiger partial charge is 0.253 e. The van der Waals surface area contributed by atoms with E-state index in [9.17, 15) is 9.59 Å². The first-order chi connectivity index (χ1) is 8.06. The summed E-state index contributed by atoms with van der Waals surface area (Å²) in [6.07, 6.45) is 0.258. The molecule has 1 aromatic rings. The molecular weight excluding hydrogens is 218 g/mol. The van der Waals surface area contributed by atoms with Gasteiger partial charge in [-0.05, 0) is 18.6 Å². The van der Waals surface area contributed by atoms with E-state index in [2.05, 4.69) is 10.6 Å². The Morgan fingerprint density at radius 2 is 2.06 bits per heavy atom. The van der Waals surface area contributed by atoms with E-state index in [1.54, 1.807) is 19.2 Å². The number of nitrogen functional groups attached to an aromatic ring is 1. The molecule has 0 aliphatic carbocycles. The third-order valence-electron chi connectivity index (χ3n) is 2.49. The van der Waals surface area contributed by atoms with Crippen molar-refractivity contribution in [1.29, 1.82) is 0 Å². The predicted molar refractivity (Wildman–Crippen MR) is 66.6 cm³/mol. The summed E-state index contributed by atoms with van der Waals surface area (Å²) in [5, 5.41) is 5.14. The molecule has 4 N–H and O–H groups in total. The van der Waals surface area contributed by atoms with Crippen molar-refractivity contribution in [3.63, 3.8) is 0 Å². The fourth-order valence-electron chi connectivity index (χ4n) is 1.39. The summed E-state index contributed by atoms with van der Waals surface area (Å²) in [7, 11) is 1.56. The number of hydrogen-bond acceptors (Lipinski definition) is 3. The van der Waals surface area contributed by atoms with Gasteiger partial charge in [0.05, 0.1) is 5.56 Å². The molecular formula is C12H17N3O2. The van der Waals surface area contributed by atoms with E-state index < -0.39 is 0 Å². The molecule has 92 valence electrons. The van der Waals surface area contributed by atoms with Crippen LogP contribution in [0.25, 0.3) is 0 Å². The van der Waals surface area contributed by atoms with Gasteiger partial charge in [-0.3, -0.25) is 9.59 Å². The van der Waals surface area contributed by atoms with Crippen LogP contribution in [0.15, 0.2) is 18.2 Å². The first kappa shape index (κ1) is 13.0. The number of carbonyl (C=O) groups excluding carboxylic acids is 2. The standard InChI is InChI=1S/C12H17N3O2/c1-8-4-3-5-9(11(8)13)12(17)15-7-6-10(16)14-2/h3-5H,6-7,13H2,1-2H3,(H,14,16)(H,15,17). The first-order valence-corrected chi connectivity index (χ1v) is 5.40. The Hall–Kier alpha value is -2.04. The zero-order valence-corrected chi connectivity index (χ0v) is 10.0. The largest absolute Gasteiger partial charge is 0.398 e. The molecule has 0 unspecified atom stereocenters. The zero-order valence-electron chi connectivity index (χ0n) is 10.0. The highest BCUT2D eigenvalue weighted by molar-refractivity contribution is 5.99. The topological polar surface area (TPSA) is 84.2 Å². The van der Waals surface area contributed by atoms with E-state index in [1.807, 2.05) is 13.0 Å². The SMILES string of the molecule is CNC(=O)CCNC(=O)c1cccc(C)c1N. The van der Waals surface area contributed by atoms with Crippen LogP contribution in [0.3, 0.4) is 0 Å². The molecule has 0 fully saturated rings. The van der Waals surface area contributed by atoms with Gasteiger partial charge in [0.2, 0.25) is 5.91 Å². The average molecular weight is 235 g/mol. The molecule has 5 nitrogen and oxygen atoms in total. The summed E-state index contributed by atoms with van der Waals surface area (Å²) in [4.78, 5) is 22.7. The third kappa shape index (κ3) is 3.48. The molecule has 1 rings (SSSR count). The minimum Gasteiger partial charge on any atom is -0.398 e. The van der Waals surface area contributed by atoms with Crippen LogP contribution in [0.4, 0.5) is 5.69 Å². The Morgan fingerprint density at radius 3 is 2.71 bits per heavy atom. The molecule has 0 aliphatic rings. The highest BCUT2D eigenvalue weighted by atomic mass is 16.2. The molecule has 2 amide bonds. The van der Waals surface area contributed by atoms with E-state index in [-0.39, 0.29) is 18.2 Å². The normalized spacial score (nSPS) is 9.76. The van der Waals surface area contributed by atoms with Gasteiger partial charge in [0.15, 0.2) is 0 Å². The Labute approximate surface area is 100 Å². The van der Waals surface area contributed by atoms with Crippen LogP contribution in [0.1, 0.15) is 22.3 Å². The van der Waals surface area contributed by atoms with Crippen LogP contribution < -0.4 is 16.4 Å². The predicted octanol–water partition coefficient (Wildman–Crippen LogP) is 0.443. The van der Waals surface area contributed by atoms with Gasteiger partial charge >= 0.3 is 0 Å². The fourth-order valence-corrected chi connectivity index (χ4v) is 1.39. The minimum absolute atomic E-state index is 0.109. The van der Waals surface area contributed by atoms with Crippen LogP contribution >= 0.6 is 0 Å². The number of anilines is 1. The molecule has 0 saturated carbocycles. The number of nitrogens with one attached hydrogen (secondary N) is 2. The van der Waals surface area contributed by atoms with Gasteiger partial charge in [-0.15, -0.1) is 0 Å². The number of hydrogen-bond donors (Lipinski definition) is 3. The second-order valence-corrected chi connectivity index (χ2v) is 3.72. The van der Waals surface area contributed by atoms with E-state index in [1.165, 1.54) is 0 Å². The number of amides is 2. The van der Waals surface area contributed by atoms with Crippen molar-refractivity contribution in [2.75, 3.05) is 19.3 Å². The maximum atomic E-state index is 11.8. The molecule has 1 aromatic carbocycles. The number of carbonyl (C=O) groups is 2. The van der Waals surface area contributed by atoms with E-state index in [0.717, 1.165) is 5.56 Å². The minimum atomic E-state index is -0.255. The second-order valence-electron chi connectivity index (χ2n) is 3.72. The van der Waals surface area contributed by atoms with Gasteiger partial charge in [0.25, 0.3) is 5.91 Å². The molecule has 17 heavy (non-hydrogen) atoms. The van der Waals surface area contributed by atoms with Crippen molar-refractivity contribution >= 4 is 17.5 Å². The van der Waals surface area contributed by atoms with Crippen LogP contribution in [0.2, 0.25) is 0 Å². The Morgan fingerprint density at radius 1 is 1.35 bits per heavy atom. The summed E-state index contributed by atoms with van der Waals surface area (Å²) < 4.78 is 0. The lowest BCUT2D eigenvalue weighted by Crippen LogP contribution is -2.29. The first-order valence-electron chi connectivity index (χ1n) is 5.40. The molecule has 0 aliphatic heterocycles. The van der Waals surface area contributed by atoms with Gasteiger partial charge < -0.3 is 16.4 Å². The second kappa shape index (κ2) is 5.89. The molecule has 0 aromatic heterocycles. The fraction of sp³-hybridized carbons (Fsp3) is 0.333. The Bertz CT molecular complexity index is 430. The Balaban J connectivity index is 2.59.